The fraction of sp³-hybridized carbons (Fsp3) is 0.0577. The Morgan fingerprint density at radius 1 is 0.667 bits per heavy atom. The van der Waals surface area contributed by atoms with Gasteiger partial charge in [-0.2, -0.15) is 0 Å². The highest BCUT2D eigenvalue weighted by Gasteiger charge is 2.36. The van der Waals surface area contributed by atoms with Gasteiger partial charge < -0.3 is 19.0 Å². The summed E-state index contributed by atoms with van der Waals surface area (Å²) in [6.45, 7) is 21.0. The van der Waals surface area contributed by atoms with E-state index >= 15 is 0 Å². The minimum Gasteiger partial charge on any atom is -0.454 e. The smallest absolute Gasteiger partial charge is 0.193 e. The van der Waals surface area contributed by atoms with Gasteiger partial charge >= 0.3 is 0 Å². The van der Waals surface area contributed by atoms with Crippen LogP contribution in [0.1, 0.15) is 40.9 Å². The Balaban J connectivity index is 1.13. The number of para-hydroxylation sites is 3. The van der Waals surface area contributed by atoms with Crippen molar-refractivity contribution < 1.29 is 13.9 Å². The first kappa shape index (κ1) is 35.3. The van der Waals surface area contributed by atoms with Crippen molar-refractivity contribution in [3.63, 3.8) is 0 Å². The summed E-state index contributed by atoms with van der Waals surface area (Å²) in [5, 5.41) is 1.37. The zero-order valence-electron chi connectivity index (χ0n) is 32.0. The van der Waals surface area contributed by atoms with Gasteiger partial charge in [0.05, 0.1) is 22.8 Å². The summed E-state index contributed by atoms with van der Waals surface area (Å²) >= 11 is 0. The number of ether oxygens (including phenoxy) is 1. The zero-order valence-corrected chi connectivity index (χ0v) is 32.0. The highest BCUT2D eigenvalue weighted by atomic mass is 16.5. The minimum absolute atomic E-state index is 0.0805. The molecule has 6 aromatic carbocycles. The van der Waals surface area contributed by atoms with E-state index in [4.69, 9.17) is 9.15 Å². The van der Waals surface area contributed by atoms with Crippen molar-refractivity contribution in [2.75, 3.05) is 9.80 Å². The van der Waals surface area contributed by atoms with Gasteiger partial charge in [-0.25, -0.2) is 0 Å². The fourth-order valence-corrected chi connectivity index (χ4v) is 8.18. The number of nitrogens with zero attached hydrogens (tertiary/aromatic N) is 2. The van der Waals surface area contributed by atoms with Gasteiger partial charge in [-0.05, 0) is 89.0 Å². The van der Waals surface area contributed by atoms with E-state index in [1.807, 2.05) is 78.9 Å². The number of benzene rings is 6. The van der Waals surface area contributed by atoms with E-state index in [1.165, 1.54) is 0 Å². The Bertz CT molecular complexity index is 3010. The van der Waals surface area contributed by atoms with E-state index in [-0.39, 0.29) is 11.2 Å². The number of ketones is 1. The molecule has 1 aliphatic heterocycles. The maximum Gasteiger partial charge on any atom is 0.193 e. The molecule has 1 aliphatic carbocycles. The lowest BCUT2D eigenvalue weighted by molar-refractivity contribution is 0.103. The molecule has 2 aliphatic rings. The van der Waals surface area contributed by atoms with Crippen molar-refractivity contribution in [1.82, 2.24) is 0 Å². The molecule has 57 heavy (non-hydrogen) atoms. The maximum atomic E-state index is 13.5. The van der Waals surface area contributed by atoms with E-state index in [0.717, 1.165) is 67.6 Å². The van der Waals surface area contributed by atoms with Crippen LogP contribution in [0.2, 0.25) is 0 Å². The van der Waals surface area contributed by atoms with Crippen LogP contribution in [0, 0.1) is 0 Å². The van der Waals surface area contributed by atoms with Crippen LogP contribution >= 0.6 is 0 Å². The molecule has 7 aromatic rings. The van der Waals surface area contributed by atoms with E-state index in [2.05, 4.69) is 111 Å². The average Bonchev–Trinajstić information content (AvgIpc) is 3.52. The molecular formula is C52H40N2O3. The lowest BCUT2D eigenvalue weighted by Crippen LogP contribution is -2.37. The quantitative estimate of drug-likeness (QED) is 0.163. The van der Waals surface area contributed by atoms with Gasteiger partial charge in [0.25, 0.3) is 0 Å². The van der Waals surface area contributed by atoms with Crippen molar-refractivity contribution in [3.8, 4) is 22.6 Å². The van der Waals surface area contributed by atoms with Crippen LogP contribution in [0.5, 0.6) is 11.5 Å². The normalized spacial score (nSPS) is 14.4. The molecule has 0 N–H and O–H groups in total. The Hall–Kier alpha value is -7.37. The number of rotatable bonds is 7. The Labute approximate surface area is 332 Å². The van der Waals surface area contributed by atoms with Crippen molar-refractivity contribution in [2.45, 2.75) is 19.3 Å². The van der Waals surface area contributed by atoms with Crippen molar-refractivity contribution in [1.29, 1.82) is 0 Å². The van der Waals surface area contributed by atoms with Crippen LogP contribution < -0.4 is 35.8 Å². The molecule has 5 nitrogen and oxygen atoms in total. The third-order valence-electron chi connectivity index (χ3n) is 11.1. The van der Waals surface area contributed by atoms with Gasteiger partial charge in [-0.1, -0.05) is 125 Å². The number of furan rings is 1. The third-order valence-corrected chi connectivity index (χ3v) is 11.1. The number of fused-ring (bicyclic) bond motifs is 4. The SMILES string of the molecule is C=C/C=c1/o/c(=C(/C=C)N(c2ccccc2)c2ccc3c(c2)Oc2ccccc2N3c2ccc(-c3ccc4c(c3)C(C)(C)c3ccccc3C4=O)cc2)c(=C)c1=C. The number of hydrogen-bond acceptors (Lipinski definition) is 5. The molecule has 2 heterocycles. The molecule has 0 spiro atoms. The standard InChI is InChI=1S/C52H40N2O3/c1-7-16-47-33(3)34(4)51(57-47)44(8-2)53(37-17-10-9-11-18-37)39-28-30-46-49(32-39)56-48-22-15-14-21-45(48)54(46)38-26-23-35(24-27-38)36-25-29-41-43(31-36)52(5,6)42-20-13-12-19-40(42)50(41)55/h7-32H,1-4H2,5-6H3/b47-16+,51-44-. The molecular weight excluding hydrogens is 701 g/mol. The predicted octanol–water partition coefficient (Wildman–Crippen LogP) is 10.3. The van der Waals surface area contributed by atoms with Crippen LogP contribution in [0.4, 0.5) is 28.4 Å². The number of allylic oxidation sites excluding steroid dienone is 1. The Morgan fingerprint density at radius 2 is 1.35 bits per heavy atom. The number of hydrogen-bond donors (Lipinski definition) is 0. The minimum atomic E-state index is -0.312. The number of carbonyl (C=O) groups is 1. The Kier molecular flexibility index (Phi) is 8.51. The van der Waals surface area contributed by atoms with Crippen LogP contribution in [0.15, 0.2) is 169 Å². The summed E-state index contributed by atoms with van der Waals surface area (Å²) in [6.07, 6.45) is 5.24. The second kappa shape index (κ2) is 13.7. The largest absolute Gasteiger partial charge is 0.454 e. The molecule has 0 atom stereocenters. The van der Waals surface area contributed by atoms with E-state index in [0.29, 0.717) is 32.7 Å². The molecule has 0 fully saturated rings. The van der Waals surface area contributed by atoms with Crippen LogP contribution in [-0.2, 0) is 5.41 Å². The van der Waals surface area contributed by atoms with Gasteiger partial charge in [-0.3, -0.25) is 4.79 Å². The zero-order chi connectivity index (χ0) is 39.4. The van der Waals surface area contributed by atoms with Gasteiger partial charge in [0, 0.05) is 44.4 Å². The third kappa shape index (κ3) is 5.75. The number of anilines is 5. The fourth-order valence-electron chi connectivity index (χ4n) is 8.18. The van der Waals surface area contributed by atoms with Gasteiger partial charge in [0.1, 0.15) is 5.42 Å². The highest BCUT2D eigenvalue weighted by molar-refractivity contribution is 6.13. The summed E-state index contributed by atoms with van der Waals surface area (Å²) in [7, 11) is 0. The molecule has 0 unspecified atom stereocenters. The van der Waals surface area contributed by atoms with Gasteiger partial charge in [0.15, 0.2) is 22.7 Å². The molecule has 0 saturated heterocycles. The number of carbonyl (C=O) groups excluding carboxylic acids is 1. The summed E-state index contributed by atoms with van der Waals surface area (Å²) < 4.78 is 13.0. The molecule has 276 valence electrons. The Morgan fingerprint density at radius 3 is 2.12 bits per heavy atom. The molecule has 9 rings (SSSR count). The highest BCUT2D eigenvalue weighted by Crippen LogP contribution is 2.52. The molecule has 0 bridgehead atoms. The molecule has 5 heteroatoms. The lowest BCUT2D eigenvalue weighted by atomic mass is 9.68. The first-order valence-electron chi connectivity index (χ1n) is 18.9. The van der Waals surface area contributed by atoms with E-state index in [9.17, 15) is 4.79 Å². The molecule has 1 aromatic heterocycles. The summed E-state index contributed by atoms with van der Waals surface area (Å²) in [5.41, 5.74) is 11.9. The second-order valence-corrected chi connectivity index (χ2v) is 14.8. The molecule has 0 radical (unpaired) electrons. The summed E-state index contributed by atoms with van der Waals surface area (Å²) in [6, 6.07) is 47.1. The topological polar surface area (TPSA) is 45.9 Å². The van der Waals surface area contributed by atoms with Gasteiger partial charge in [0.2, 0.25) is 0 Å². The van der Waals surface area contributed by atoms with Crippen molar-refractivity contribution in [2.24, 2.45) is 0 Å². The average molecular weight is 741 g/mol. The predicted molar refractivity (Wildman–Crippen MR) is 234 cm³/mol. The molecule has 0 saturated carbocycles. The van der Waals surface area contributed by atoms with Crippen molar-refractivity contribution >= 4 is 59.2 Å². The lowest BCUT2D eigenvalue weighted by Gasteiger charge is -2.35. The van der Waals surface area contributed by atoms with Crippen LogP contribution in [0.25, 0.3) is 36.1 Å². The van der Waals surface area contributed by atoms with Crippen molar-refractivity contribution in [3.05, 3.63) is 208 Å². The monoisotopic (exact) mass is 740 g/mol. The van der Waals surface area contributed by atoms with E-state index < -0.39 is 0 Å². The summed E-state index contributed by atoms with van der Waals surface area (Å²) in [5.74, 6) is 1.51. The summed E-state index contributed by atoms with van der Waals surface area (Å²) in [4.78, 5) is 17.8. The first-order valence-corrected chi connectivity index (χ1v) is 18.9. The van der Waals surface area contributed by atoms with Crippen LogP contribution in [-0.4, -0.2) is 5.78 Å². The molecule has 0 amide bonds. The van der Waals surface area contributed by atoms with E-state index in [1.54, 1.807) is 18.2 Å². The van der Waals surface area contributed by atoms with Gasteiger partial charge in [-0.15, -0.1) is 0 Å². The maximum absolute atomic E-state index is 13.5. The first-order chi connectivity index (χ1) is 27.7. The second-order valence-electron chi connectivity index (χ2n) is 14.8. The van der Waals surface area contributed by atoms with Crippen LogP contribution in [0.3, 0.4) is 0 Å².